The standard InChI is InChI=1S/C75H140O6/c1-4-7-10-13-16-19-22-25-28-31-32-33-34-35-36-37-38-39-40-41-42-45-47-50-53-56-59-62-65-68-74(77)80-71-72(81-75(78)69-66-63-60-57-54-51-48-44-30-27-24-21-18-15-12-9-6-3)70-79-73(76)67-64-61-58-55-52-49-46-43-29-26-23-20-17-14-11-8-5-2/h18,21,27,30-32,72H,4-17,19-20,22-26,28-29,33-71H2,1-3H3/b21-18-,30-27-,32-31-. The summed E-state index contributed by atoms with van der Waals surface area (Å²) in [6.07, 6.45) is 87.5. The van der Waals surface area contributed by atoms with Crippen LogP contribution in [0.15, 0.2) is 36.5 Å². The molecular weight excluding hydrogens is 997 g/mol. The van der Waals surface area contributed by atoms with E-state index in [0.717, 1.165) is 70.6 Å². The highest BCUT2D eigenvalue weighted by atomic mass is 16.6. The maximum absolute atomic E-state index is 12.9. The van der Waals surface area contributed by atoms with Crippen molar-refractivity contribution in [2.75, 3.05) is 13.2 Å². The summed E-state index contributed by atoms with van der Waals surface area (Å²) >= 11 is 0. The molecule has 0 amide bonds. The SMILES string of the molecule is CCCCC/C=C\C/C=C\CCCCCCCCCC(=O)OC(COC(=O)CCCCCCCCCCCCCCCCCCC)COC(=O)CCCCCCCCCCCCCCCCCCC/C=C\CCCCCCCCCC. The number of allylic oxidation sites excluding steroid dienone is 6. The third-order valence-corrected chi connectivity index (χ3v) is 16.6. The van der Waals surface area contributed by atoms with Crippen LogP contribution < -0.4 is 0 Å². The van der Waals surface area contributed by atoms with Crippen LogP contribution in [0.5, 0.6) is 0 Å². The van der Waals surface area contributed by atoms with E-state index in [0.29, 0.717) is 19.3 Å². The zero-order chi connectivity index (χ0) is 58.5. The molecule has 1 unspecified atom stereocenters. The maximum Gasteiger partial charge on any atom is 0.306 e. The van der Waals surface area contributed by atoms with Crippen molar-refractivity contribution in [3.05, 3.63) is 36.5 Å². The molecule has 6 nitrogen and oxygen atoms in total. The number of carbonyl (C=O) groups is 3. The lowest BCUT2D eigenvalue weighted by molar-refractivity contribution is -0.167. The van der Waals surface area contributed by atoms with Crippen LogP contribution in [0.2, 0.25) is 0 Å². The zero-order valence-corrected chi connectivity index (χ0v) is 54.8. The molecule has 6 heteroatoms. The van der Waals surface area contributed by atoms with E-state index in [-0.39, 0.29) is 31.1 Å². The van der Waals surface area contributed by atoms with E-state index >= 15 is 0 Å². The first-order chi connectivity index (χ1) is 40.0. The van der Waals surface area contributed by atoms with Crippen LogP contribution in [0.4, 0.5) is 0 Å². The molecule has 0 aromatic rings. The van der Waals surface area contributed by atoms with Gasteiger partial charge in [-0.15, -0.1) is 0 Å². The van der Waals surface area contributed by atoms with Crippen LogP contribution >= 0.6 is 0 Å². The first-order valence-electron chi connectivity index (χ1n) is 36.5. The van der Waals surface area contributed by atoms with Gasteiger partial charge in [-0.1, -0.05) is 346 Å². The number of unbranched alkanes of at least 4 members (excludes halogenated alkanes) is 51. The monoisotopic (exact) mass is 1140 g/mol. The molecule has 0 aliphatic rings. The van der Waals surface area contributed by atoms with E-state index in [4.69, 9.17) is 14.2 Å². The summed E-state index contributed by atoms with van der Waals surface area (Å²) in [5.74, 6) is -0.846. The molecule has 1 atom stereocenters. The molecule has 476 valence electrons. The minimum atomic E-state index is -0.774. The molecule has 0 bridgehead atoms. The van der Waals surface area contributed by atoms with Crippen molar-refractivity contribution in [3.63, 3.8) is 0 Å². The summed E-state index contributed by atoms with van der Waals surface area (Å²) in [5, 5.41) is 0. The van der Waals surface area contributed by atoms with Gasteiger partial charge in [0.2, 0.25) is 0 Å². The van der Waals surface area contributed by atoms with Crippen LogP contribution in [0.25, 0.3) is 0 Å². The van der Waals surface area contributed by atoms with Crippen LogP contribution in [-0.2, 0) is 28.6 Å². The molecule has 0 aliphatic carbocycles. The highest BCUT2D eigenvalue weighted by Crippen LogP contribution is 2.19. The van der Waals surface area contributed by atoms with Gasteiger partial charge in [-0.25, -0.2) is 0 Å². The highest BCUT2D eigenvalue weighted by molar-refractivity contribution is 5.71. The van der Waals surface area contributed by atoms with E-state index in [1.807, 2.05) is 0 Å². The molecule has 81 heavy (non-hydrogen) atoms. The second kappa shape index (κ2) is 70.1. The maximum atomic E-state index is 12.9. The largest absolute Gasteiger partial charge is 0.462 e. The van der Waals surface area contributed by atoms with Gasteiger partial charge in [0.05, 0.1) is 0 Å². The topological polar surface area (TPSA) is 78.9 Å². The van der Waals surface area contributed by atoms with Gasteiger partial charge < -0.3 is 14.2 Å². The van der Waals surface area contributed by atoms with Gasteiger partial charge in [0.15, 0.2) is 6.10 Å². The molecule has 0 aliphatic heterocycles. The Balaban J connectivity index is 4.21. The van der Waals surface area contributed by atoms with Crippen molar-refractivity contribution in [3.8, 4) is 0 Å². The molecule has 0 rings (SSSR count). The summed E-state index contributed by atoms with van der Waals surface area (Å²) in [6.45, 7) is 6.69. The van der Waals surface area contributed by atoms with E-state index < -0.39 is 6.10 Å². The molecule has 0 aromatic carbocycles. The number of hydrogen-bond acceptors (Lipinski definition) is 6. The molecule has 0 heterocycles. The molecule has 0 aromatic heterocycles. The zero-order valence-electron chi connectivity index (χ0n) is 54.8. The Hall–Kier alpha value is -2.37. The quantitative estimate of drug-likeness (QED) is 0.0261. The highest BCUT2D eigenvalue weighted by Gasteiger charge is 2.19. The average molecular weight is 1140 g/mol. The molecular formula is C75H140O6. The molecule has 0 saturated carbocycles. The Kier molecular flexibility index (Phi) is 68.1. The molecule has 0 saturated heterocycles. The number of hydrogen-bond donors (Lipinski definition) is 0. The second-order valence-corrected chi connectivity index (χ2v) is 24.9. The van der Waals surface area contributed by atoms with Crippen molar-refractivity contribution in [1.82, 2.24) is 0 Å². The van der Waals surface area contributed by atoms with Crippen LogP contribution in [0, 0.1) is 0 Å². The van der Waals surface area contributed by atoms with Crippen molar-refractivity contribution >= 4 is 17.9 Å². The summed E-state index contributed by atoms with van der Waals surface area (Å²) in [5.41, 5.74) is 0. The normalized spacial score (nSPS) is 12.2. The second-order valence-electron chi connectivity index (χ2n) is 24.9. The van der Waals surface area contributed by atoms with E-state index in [1.165, 1.54) is 295 Å². The van der Waals surface area contributed by atoms with Crippen molar-refractivity contribution in [2.24, 2.45) is 0 Å². The Morgan fingerprint density at radius 3 is 0.716 bits per heavy atom. The Bertz CT molecular complexity index is 1350. The van der Waals surface area contributed by atoms with Gasteiger partial charge in [-0.2, -0.15) is 0 Å². The fraction of sp³-hybridized carbons (Fsp3) is 0.880. The lowest BCUT2D eigenvalue weighted by Gasteiger charge is -2.18. The lowest BCUT2D eigenvalue weighted by atomic mass is 10.0. The van der Waals surface area contributed by atoms with Gasteiger partial charge in [-0.3, -0.25) is 14.4 Å². The number of rotatable bonds is 68. The van der Waals surface area contributed by atoms with Crippen LogP contribution in [0.1, 0.15) is 406 Å². The first-order valence-corrected chi connectivity index (χ1v) is 36.5. The number of ether oxygens (including phenoxy) is 3. The average Bonchev–Trinajstić information content (AvgIpc) is 3.47. The number of esters is 3. The van der Waals surface area contributed by atoms with Crippen molar-refractivity contribution in [1.29, 1.82) is 0 Å². The van der Waals surface area contributed by atoms with Crippen LogP contribution in [0.3, 0.4) is 0 Å². The van der Waals surface area contributed by atoms with E-state index in [2.05, 4.69) is 57.2 Å². The summed E-state index contributed by atoms with van der Waals surface area (Å²) in [7, 11) is 0. The van der Waals surface area contributed by atoms with Gasteiger partial charge in [-0.05, 0) is 77.0 Å². The summed E-state index contributed by atoms with van der Waals surface area (Å²) in [6, 6.07) is 0. The predicted molar refractivity (Wildman–Crippen MR) is 353 cm³/mol. The smallest absolute Gasteiger partial charge is 0.306 e. The lowest BCUT2D eigenvalue weighted by Crippen LogP contribution is -2.30. The minimum absolute atomic E-state index is 0.0696. The first kappa shape index (κ1) is 78.6. The molecule has 0 fully saturated rings. The third-order valence-electron chi connectivity index (χ3n) is 16.6. The summed E-state index contributed by atoms with van der Waals surface area (Å²) in [4.78, 5) is 38.5. The molecule has 0 spiro atoms. The van der Waals surface area contributed by atoms with E-state index in [9.17, 15) is 14.4 Å². The Morgan fingerprint density at radius 2 is 0.444 bits per heavy atom. The minimum Gasteiger partial charge on any atom is -0.462 e. The van der Waals surface area contributed by atoms with Crippen LogP contribution in [-0.4, -0.2) is 37.2 Å². The van der Waals surface area contributed by atoms with Gasteiger partial charge in [0.25, 0.3) is 0 Å². The van der Waals surface area contributed by atoms with Crippen molar-refractivity contribution in [2.45, 2.75) is 412 Å². The van der Waals surface area contributed by atoms with Gasteiger partial charge >= 0.3 is 17.9 Å². The fourth-order valence-electron chi connectivity index (χ4n) is 11.1. The van der Waals surface area contributed by atoms with Gasteiger partial charge in [0, 0.05) is 19.3 Å². The van der Waals surface area contributed by atoms with E-state index in [1.54, 1.807) is 0 Å². The fourth-order valence-corrected chi connectivity index (χ4v) is 11.1. The Labute approximate surface area is 506 Å². The predicted octanol–water partition coefficient (Wildman–Crippen LogP) is 25.1. The molecule has 0 N–H and O–H groups in total. The van der Waals surface area contributed by atoms with Gasteiger partial charge in [0.1, 0.15) is 13.2 Å². The van der Waals surface area contributed by atoms with Crippen molar-refractivity contribution < 1.29 is 28.6 Å². The molecule has 0 radical (unpaired) electrons. The summed E-state index contributed by atoms with van der Waals surface area (Å²) < 4.78 is 17.0. The third kappa shape index (κ3) is 68.3. The Morgan fingerprint density at radius 1 is 0.247 bits per heavy atom. The number of carbonyl (C=O) groups excluding carboxylic acids is 3.